The second kappa shape index (κ2) is 10.9. The summed E-state index contributed by atoms with van der Waals surface area (Å²) in [6.45, 7) is 11.0. The van der Waals surface area contributed by atoms with Gasteiger partial charge in [-0.15, -0.1) is 0 Å². The highest BCUT2D eigenvalue weighted by molar-refractivity contribution is 6.39. The summed E-state index contributed by atoms with van der Waals surface area (Å²) in [6, 6.07) is 16.3. The van der Waals surface area contributed by atoms with Gasteiger partial charge in [-0.25, -0.2) is 0 Å². The van der Waals surface area contributed by atoms with Gasteiger partial charge in [0.05, 0.1) is 28.5 Å². The van der Waals surface area contributed by atoms with Crippen molar-refractivity contribution in [3.63, 3.8) is 0 Å². The molecule has 1 saturated heterocycles. The molecule has 0 spiro atoms. The molecule has 0 aliphatic carbocycles. The Hall–Kier alpha value is -1.26. The number of para-hydroxylation sites is 1. The van der Waals surface area contributed by atoms with Gasteiger partial charge >= 0.3 is 0 Å². The van der Waals surface area contributed by atoms with Crippen LogP contribution in [0.5, 0.6) is 0 Å². The molecule has 1 atom stereocenters. The van der Waals surface area contributed by atoms with Gasteiger partial charge in [0, 0.05) is 32.7 Å². The van der Waals surface area contributed by atoms with Crippen molar-refractivity contribution < 1.29 is 4.74 Å². The van der Waals surface area contributed by atoms with Gasteiger partial charge < -0.3 is 9.64 Å². The zero-order chi connectivity index (χ0) is 21.6. The van der Waals surface area contributed by atoms with Crippen molar-refractivity contribution in [3.8, 4) is 0 Å². The Labute approximate surface area is 191 Å². The maximum absolute atomic E-state index is 6.69. The van der Waals surface area contributed by atoms with E-state index in [-0.39, 0.29) is 11.6 Å². The van der Waals surface area contributed by atoms with E-state index < -0.39 is 0 Å². The molecule has 2 aromatic rings. The van der Waals surface area contributed by atoms with Gasteiger partial charge in [-0.05, 0) is 36.0 Å². The Morgan fingerprint density at radius 1 is 0.967 bits per heavy atom. The molecule has 3 nitrogen and oxygen atoms in total. The number of ether oxygens (including phenoxy) is 1. The van der Waals surface area contributed by atoms with Crippen LogP contribution in [0.3, 0.4) is 0 Å². The van der Waals surface area contributed by atoms with Gasteiger partial charge in [0.2, 0.25) is 0 Å². The van der Waals surface area contributed by atoms with Crippen LogP contribution in [-0.4, -0.2) is 37.4 Å². The minimum atomic E-state index is 0.166. The lowest BCUT2D eigenvalue weighted by molar-refractivity contribution is 0.0548. The molecular formula is C25H34Cl2N2O. The van der Waals surface area contributed by atoms with Gasteiger partial charge in [-0.2, -0.15) is 0 Å². The van der Waals surface area contributed by atoms with Crippen LogP contribution in [-0.2, 0) is 11.3 Å². The van der Waals surface area contributed by atoms with Crippen LogP contribution in [0, 0.1) is 5.41 Å². The smallest absolute Gasteiger partial charge is 0.0847 e. The fraction of sp³-hybridized carbons (Fsp3) is 0.520. The standard InChI is InChI=1S/C25H34Cl2N2O/c1-25(2,3)19-30-17-14-23(28-15-7-8-16-28)29(18-20-10-5-4-6-11-20)24-21(26)12-9-13-22(24)27/h4-6,9-13,23H,7-8,14-19H2,1-3H3. The van der Waals surface area contributed by atoms with Crippen molar-refractivity contribution in [2.75, 3.05) is 31.2 Å². The van der Waals surface area contributed by atoms with Crippen molar-refractivity contribution in [3.05, 3.63) is 64.1 Å². The monoisotopic (exact) mass is 448 g/mol. The van der Waals surface area contributed by atoms with Crippen molar-refractivity contribution in [1.29, 1.82) is 0 Å². The molecule has 0 amide bonds. The fourth-order valence-corrected chi connectivity index (χ4v) is 4.63. The van der Waals surface area contributed by atoms with Crippen LogP contribution in [0.1, 0.15) is 45.6 Å². The minimum Gasteiger partial charge on any atom is -0.381 e. The summed E-state index contributed by atoms with van der Waals surface area (Å²) in [5, 5.41) is 1.39. The van der Waals surface area contributed by atoms with Crippen molar-refractivity contribution in [2.24, 2.45) is 5.41 Å². The molecule has 0 aromatic heterocycles. The Balaban J connectivity index is 1.89. The highest BCUT2D eigenvalue weighted by atomic mass is 35.5. The van der Waals surface area contributed by atoms with E-state index >= 15 is 0 Å². The molecule has 1 aliphatic heterocycles. The zero-order valence-electron chi connectivity index (χ0n) is 18.4. The van der Waals surface area contributed by atoms with Gasteiger partial charge in [-0.3, -0.25) is 4.90 Å². The molecule has 30 heavy (non-hydrogen) atoms. The molecule has 0 radical (unpaired) electrons. The lowest BCUT2D eigenvalue weighted by atomic mass is 9.99. The van der Waals surface area contributed by atoms with Crippen LogP contribution in [0.15, 0.2) is 48.5 Å². The number of likely N-dealkylation sites (tertiary alicyclic amines) is 1. The number of nitrogens with zero attached hydrogens (tertiary/aromatic N) is 2. The van der Waals surface area contributed by atoms with E-state index in [1.165, 1.54) is 18.4 Å². The number of halogens is 2. The van der Waals surface area contributed by atoms with E-state index in [4.69, 9.17) is 27.9 Å². The Kier molecular flexibility index (Phi) is 8.47. The molecule has 3 rings (SSSR count). The number of rotatable bonds is 9. The van der Waals surface area contributed by atoms with Crippen molar-refractivity contribution in [2.45, 2.75) is 52.7 Å². The molecular weight excluding hydrogens is 415 g/mol. The lowest BCUT2D eigenvalue weighted by Gasteiger charge is -2.40. The quantitative estimate of drug-likeness (QED) is 0.389. The van der Waals surface area contributed by atoms with Crippen LogP contribution in [0.2, 0.25) is 10.0 Å². The Bertz CT molecular complexity index is 765. The van der Waals surface area contributed by atoms with Gasteiger partial charge in [0.15, 0.2) is 0 Å². The van der Waals surface area contributed by atoms with Gasteiger partial charge in [0.1, 0.15) is 0 Å². The first-order valence-electron chi connectivity index (χ1n) is 10.9. The molecule has 1 fully saturated rings. The SMILES string of the molecule is CC(C)(C)COCCC(N1CCCC1)N(Cc1ccccc1)c1c(Cl)cccc1Cl. The summed E-state index contributed by atoms with van der Waals surface area (Å²) in [5.41, 5.74) is 2.32. The molecule has 1 aliphatic rings. The molecule has 1 heterocycles. The lowest BCUT2D eigenvalue weighted by Crippen LogP contribution is -2.48. The summed E-state index contributed by atoms with van der Waals surface area (Å²) in [5.74, 6) is 0. The molecule has 0 N–H and O–H groups in total. The number of hydrogen-bond acceptors (Lipinski definition) is 3. The molecule has 164 valence electrons. The highest BCUT2D eigenvalue weighted by Gasteiger charge is 2.30. The van der Waals surface area contributed by atoms with Crippen LogP contribution < -0.4 is 4.90 Å². The summed E-state index contributed by atoms with van der Waals surface area (Å²) in [6.07, 6.45) is 3.55. The van der Waals surface area contributed by atoms with Gasteiger partial charge in [0.25, 0.3) is 0 Å². The summed E-state index contributed by atoms with van der Waals surface area (Å²) >= 11 is 13.4. The average Bonchev–Trinajstić information content (AvgIpc) is 3.22. The molecule has 2 aromatic carbocycles. The van der Waals surface area contributed by atoms with E-state index in [2.05, 4.69) is 60.9 Å². The fourth-order valence-electron chi connectivity index (χ4n) is 4.02. The van der Waals surface area contributed by atoms with E-state index in [1.807, 2.05) is 18.2 Å². The van der Waals surface area contributed by atoms with Crippen LogP contribution >= 0.6 is 23.2 Å². The zero-order valence-corrected chi connectivity index (χ0v) is 19.9. The highest BCUT2D eigenvalue weighted by Crippen LogP contribution is 2.37. The molecule has 5 heteroatoms. The third kappa shape index (κ3) is 6.62. The normalized spacial score (nSPS) is 16.0. The van der Waals surface area contributed by atoms with Crippen molar-refractivity contribution >= 4 is 28.9 Å². The molecule has 0 bridgehead atoms. The number of anilines is 1. The average molecular weight is 449 g/mol. The van der Waals surface area contributed by atoms with Gasteiger partial charge in [-0.1, -0.05) is 80.4 Å². The predicted octanol–water partition coefficient (Wildman–Crippen LogP) is 6.87. The minimum absolute atomic E-state index is 0.166. The number of hydrogen-bond donors (Lipinski definition) is 0. The summed E-state index contributed by atoms with van der Waals surface area (Å²) in [4.78, 5) is 4.94. The van der Waals surface area contributed by atoms with Crippen LogP contribution in [0.4, 0.5) is 5.69 Å². The van der Waals surface area contributed by atoms with E-state index in [0.717, 1.165) is 38.3 Å². The third-order valence-corrected chi connectivity index (χ3v) is 6.01. The predicted molar refractivity (Wildman–Crippen MR) is 129 cm³/mol. The summed E-state index contributed by atoms with van der Waals surface area (Å²) < 4.78 is 6.07. The van der Waals surface area contributed by atoms with Crippen molar-refractivity contribution in [1.82, 2.24) is 4.90 Å². The largest absolute Gasteiger partial charge is 0.381 e. The second-order valence-electron chi connectivity index (χ2n) is 9.31. The maximum atomic E-state index is 6.69. The Morgan fingerprint density at radius 3 is 2.20 bits per heavy atom. The topological polar surface area (TPSA) is 15.7 Å². The first-order valence-corrected chi connectivity index (χ1v) is 11.7. The van der Waals surface area contributed by atoms with E-state index in [9.17, 15) is 0 Å². The first kappa shape index (κ1) is 23.4. The second-order valence-corrected chi connectivity index (χ2v) is 10.1. The molecule has 1 unspecified atom stereocenters. The first-order chi connectivity index (χ1) is 14.3. The molecule has 0 saturated carbocycles. The maximum Gasteiger partial charge on any atom is 0.0847 e. The van der Waals surface area contributed by atoms with E-state index in [0.29, 0.717) is 16.7 Å². The van der Waals surface area contributed by atoms with Crippen LogP contribution in [0.25, 0.3) is 0 Å². The summed E-state index contributed by atoms with van der Waals surface area (Å²) in [7, 11) is 0. The van der Waals surface area contributed by atoms with E-state index in [1.54, 1.807) is 0 Å². The Morgan fingerprint density at radius 2 is 1.60 bits per heavy atom. The third-order valence-electron chi connectivity index (χ3n) is 5.40. The number of benzene rings is 2.